The van der Waals surface area contributed by atoms with Crippen LogP contribution in [0, 0.1) is 0 Å². The summed E-state index contributed by atoms with van der Waals surface area (Å²) in [6.07, 6.45) is 3.70. The molecule has 0 aliphatic heterocycles. The van der Waals surface area contributed by atoms with Crippen molar-refractivity contribution in [3.05, 3.63) is 40.6 Å². The van der Waals surface area contributed by atoms with Gasteiger partial charge in [0.15, 0.2) is 0 Å². The van der Waals surface area contributed by atoms with E-state index < -0.39 is 0 Å². The van der Waals surface area contributed by atoms with Gasteiger partial charge in [0.05, 0.1) is 29.8 Å². The smallest absolute Gasteiger partial charge is 0.0954 e. The fourth-order valence-corrected chi connectivity index (χ4v) is 2.53. The maximum Gasteiger partial charge on any atom is 0.0954 e. The van der Waals surface area contributed by atoms with E-state index in [1.54, 1.807) is 11.3 Å². The highest BCUT2D eigenvalue weighted by molar-refractivity contribution is 7.07. The molecule has 0 radical (unpaired) electrons. The molecule has 0 saturated carbocycles. The minimum absolute atomic E-state index is 0.284. The van der Waals surface area contributed by atoms with Gasteiger partial charge in [0.25, 0.3) is 0 Å². The van der Waals surface area contributed by atoms with E-state index in [0.717, 1.165) is 5.69 Å². The summed E-state index contributed by atoms with van der Waals surface area (Å²) in [4.78, 5) is 4.21. The van der Waals surface area contributed by atoms with Crippen LogP contribution in [0.4, 0.5) is 0 Å². The lowest BCUT2D eigenvalue weighted by molar-refractivity contribution is 0.478. The minimum Gasteiger partial charge on any atom is -0.326 e. The molecule has 16 heavy (non-hydrogen) atoms. The van der Waals surface area contributed by atoms with Gasteiger partial charge < -0.3 is 10.3 Å². The van der Waals surface area contributed by atoms with Gasteiger partial charge in [0.1, 0.15) is 0 Å². The molecule has 0 amide bonds. The van der Waals surface area contributed by atoms with Crippen LogP contribution in [0.3, 0.4) is 0 Å². The zero-order valence-corrected chi connectivity index (χ0v) is 10.7. The topological polar surface area (TPSA) is 43.8 Å². The van der Waals surface area contributed by atoms with Gasteiger partial charge in [-0.25, -0.2) is 4.98 Å². The molecule has 0 bridgehead atoms. The first-order valence-electron chi connectivity index (χ1n) is 5.33. The number of nitrogens with two attached hydrogens (primary N) is 1. The van der Waals surface area contributed by atoms with E-state index in [2.05, 4.69) is 33.3 Å². The first kappa shape index (κ1) is 11.4. The summed E-state index contributed by atoms with van der Waals surface area (Å²) in [5, 5.41) is 4.26. The summed E-state index contributed by atoms with van der Waals surface area (Å²) in [5.41, 5.74) is 8.14. The van der Waals surface area contributed by atoms with Crippen molar-refractivity contribution in [1.29, 1.82) is 0 Å². The molecule has 86 valence electrons. The molecule has 0 aliphatic carbocycles. The molecular weight excluding hydrogens is 218 g/mol. The zero-order valence-electron chi connectivity index (χ0n) is 9.84. The third-order valence-electron chi connectivity index (χ3n) is 2.77. The number of rotatable bonds is 3. The Kier molecular flexibility index (Phi) is 2.86. The lowest BCUT2D eigenvalue weighted by atomic mass is 10.0. The lowest BCUT2D eigenvalue weighted by Crippen LogP contribution is -2.32. The third-order valence-corrected chi connectivity index (χ3v) is 3.47. The SMILES string of the molecule is CC(c1ccsc1)n1cncc1C(C)(C)N. The van der Waals surface area contributed by atoms with Crippen molar-refractivity contribution in [1.82, 2.24) is 9.55 Å². The van der Waals surface area contributed by atoms with Gasteiger partial charge in [0, 0.05) is 0 Å². The molecule has 0 aliphatic rings. The molecule has 1 atom stereocenters. The van der Waals surface area contributed by atoms with Crippen molar-refractivity contribution in [3.8, 4) is 0 Å². The zero-order chi connectivity index (χ0) is 11.8. The fourth-order valence-electron chi connectivity index (χ4n) is 1.79. The fraction of sp³-hybridized carbons (Fsp3) is 0.417. The van der Waals surface area contributed by atoms with E-state index in [9.17, 15) is 0 Å². The normalized spacial score (nSPS) is 14.0. The van der Waals surface area contributed by atoms with Crippen LogP contribution in [0.2, 0.25) is 0 Å². The third kappa shape index (κ3) is 2.03. The van der Waals surface area contributed by atoms with Gasteiger partial charge in [-0.05, 0) is 43.2 Å². The first-order valence-corrected chi connectivity index (χ1v) is 6.27. The summed E-state index contributed by atoms with van der Waals surface area (Å²) < 4.78 is 2.14. The van der Waals surface area contributed by atoms with E-state index in [1.165, 1.54) is 5.56 Å². The Balaban J connectivity index is 2.38. The largest absolute Gasteiger partial charge is 0.326 e. The number of imidazole rings is 1. The van der Waals surface area contributed by atoms with Crippen LogP contribution in [0.15, 0.2) is 29.4 Å². The molecule has 2 rings (SSSR count). The molecular formula is C12H17N3S. The molecule has 2 aromatic rings. The van der Waals surface area contributed by atoms with Crippen LogP contribution in [0.5, 0.6) is 0 Å². The molecule has 4 heteroatoms. The number of thiophene rings is 1. The predicted octanol–water partition coefficient (Wildman–Crippen LogP) is 2.75. The van der Waals surface area contributed by atoms with Gasteiger partial charge in [-0.2, -0.15) is 11.3 Å². The van der Waals surface area contributed by atoms with E-state index in [-0.39, 0.29) is 11.6 Å². The molecule has 2 heterocycles. The molecule has 0 aromatic carbocycles. The molecule has 3 nitrogen and oxygen atoms in total. The second-order valence-electron chi connectivity index (χ2n) is 4.64. The molecule has 0 spiro atoms. The van der Waals surface area contributed by atoms with Crippen molar-refractivity contribution < 1.29 is 0 Å². The molecule has 0 saturated heterocycles. The summed E-state index contributed by atoms with van der Waals surface area (Å²) in [5.74, 6) is 0. The van der Waals surface area contributed by atoms with Crippen LogP contribution in [0.25, 0.3) is 0 Å². The Morgan fingerprint density at radius 1 is 1.50 bits per heavy atom. The van der Waals surface area contributed by atoms with Crippen LogP contribution >= 0.6 is 11.3 Å². The first-order chi connectivity index (χ1) is 7.50. The van der Waals surface area contributed by atoms with E-state index in [4.69, 9.17) is 5.73 Å². The Morgan fingerprint density at radius 3 is 2.81 bits per heavy atom. The van der Waals surface area contributed by atoms with Crippen LogP contribution in [-0.4, -0.2) is 9.55 Å². The number of hydrogen-bond acceptors (Lipinski definition) is 3. The van der Waals surface area contributed by atoms with Crippen LogP contribution in [0.1, 0.15) is 38.1 Å². The Hall–Kier alpha value is -1.13. The van der Waals surface area contributed by atoms with E-state index in [1.807, 2.05) is 26.4 Å². The van der Waals surface area contributed by atoms with Crippen molar-refractivity contribution in [3.63, 3.8) is 0 Å². The average Bonchev–Trinajstić information content (AvgIpc) is 2.87. The van der Waals surface area contributed by atoms with Crippen molar-refractivity contribution >= 4 is 11.3 Å². The quantitative estimate of drug-likeness (QED) is 0.889. The maximum absolute atomic E-state index is 6.13. The van der Waals surface area contributed by atoms with Crippen LogP contribution < -0.4 is 5.73 Å². The van der Waals surface area contributed by atoms with E-state index in [0.29, 0.717) is 0 Å². The summed E-state index contributed by atoms with van der Waals surface area (Å²) in [6, 6.07) is 2.43. The predicted molar refractivity (Wildman–Crippen MR) is 67.6 cm³/mol. The number of aromatic nitrogens is 2. The molecule has 0 fully saturated rings. The standard InChI is InChI=1S/C12H17N3S/c1-9(10-4-5-16-7-10)15-8-14-6-11(15)12(2,3)13/h4-9H,13H2,1-3H3. The van der Waals surface area contributed by atoms with Gasteiger partial charge in [-0.1, -0.05) is 0 Å². The maximum atomic E-state index is 6.13. The lowest BCUT2D eigenvalue weighted by Gasteiger charge is -2.24. The Bertz CT molecular complexity index is 451. The summed E-state index contributed by atoms with van der Waals surface area (Å²) in [6.45, 7) is 6.17. The summed E-state index contributed by atoms with van der Waals surface area (Å²) >= 11 is 1.71. The highest BCUT2D eigenvalue weighted by atomic mass is 32.1. The van der Waals surface area contributed by atoms with Gasteiger partial charge >= 0.3 is 0 Å². The molecule has 2 aromatic heterocycles. The van der Waals surface area contributed by atoms with Gasteiger partial charge in [-0.3, -0.25) is 0 Å². The highest BCUT2D eigenvalue weighted by Crippen LogP contribution is 2.25. The van der Waals surface area contributed by atoms with Crippen molar-refractivity contribution in [2.24, 2.45) is 5.73 Å². The molecule has 1 unspecified atom stereocenters. The van der Waals surface area contributed by atoms with Gasteiger partial charge in [-0.15, -0.1) is 0 Å². The minimum atomic E-state index is -0.360. The Labute approximate surface area is 99.9 Å². The average molecular weight is 235 g/mol. The molecule has 2 N–H and O–H groups in total. The monoisotopic (exact) mass is 235 g/mol. The van der Waals surface area contributed by atoms with Crippen molar-refractivity contribution in [2.75, 3.05) is 0 Å². The Morgan fingerprint density at radius 2 is 2.25 bits per heavy atom. The van der Waals surface area contributed by atoms with Crippen molar-refractivity contribution in [2.45, 2.75) is 32.4 Å². The number of nitrogens with zero attached hydrogens (tertiary/aromatic N) is 2. The second-order valence-corrected chi connectivity index (χ2v) is 5.42. The number of hydrogen-bond donors (Lipinski definition) is 1. The van der Waals surface area contributed by atoms with Crippen LogP contribution in [-0.2, 0) is 5.54 Å². The van der Waals surface area contributed by atoms with Gasteiger partial charge in [0.2, 0.25) is 0 Å². The summed E-state index contributed by atoms with van der Waals surface area (Å²) in [7, 11) is 0. The van der Waals surface area contributed by atoms with E-state index >= 15 is 0 Å². The second kappa shape index (κ2) is 4.03. The highest BCUT2D eigenvalue weighted by Gasteiger charge is 2.22.